The van der Waals surface area contributed by atoms with Crippen LogP contribution in [0.2, 0.25) is 5.15 Å². The molecule has 0 aliphatic rings. The molecule has 0 fully saturated rings. The molecule has 0 radical (unpaired) electrons. The summed E-state index contributed by atoms with van der Waals surface area (Å²) in [6.07, 6.45) is 1.62. The Bertz CT molecular complexity index is 708. The molecular formula is C11H11ClFN3O2. The van der Waals surface area contributed by atoms with Crippen LogP contribution in [0, 0.1) is 5.82 Å². The van der Waals surface area contributed by atoms with Crippen molar-refractivity contribution < 1.29 is 4.39 Å². The maximum atomic E-state index is 13.3. The minimum Gasteiger partial charge on any atom is -0.277 e. The smallest absolute Gasteiger partial charge is 0.277 e. The van der Waals surface area contributed by atoms with Crippen molar-refractivity contribution >= 4 is 22.6 Å². The van der Waals surface area contributed by atoms with Gasteiger partial charge in [0.05, 0.1) is 5.39 Å². The molecule has 2 heterocycles. The molecule has 2 rings (SSSR count). The first kappa shape index (κ1) is 12.8. The number of unbranched alkanes of at least 4 members (excludes halogenated alkanes) is 1. The van der Waals surface area contributed by atoms with Crippen molar-refractivity contribution in [3.05, 3.63) is 37.9 Å². The molecule has 0 atom stereocenters. The molecule has 96 valence electrons. The summed E-state index contributed by atoms with van der Waals surface area (Å²) in [5.74, 6) is -0.782. The fraction of sp³-hybridized carbons (Fsp3) is 0.364. The van der Waals surface area contributed by atoms with E-state index >= 15 is 0 Å². The fourth-order valence-electron chi connectivity index (χ4n) is 1.68. The van der Waals surface area contributed by atoms with Gasteiger partial charge in [0.1, 0.15) is 0 Å². The van der Waals surface area contributed by atoms with Crippen LogP contribution in [0.5, 0.6) is 0 Å². The lowest BCUT2D eigenvalue weighted by atomic mass is 10.3. The van der Waals surface area contributed by atoms with Crippen molar-refractivity contribution in [1.29, 1.82) is 0 Å². The van der Waals surface area contributed by atoms with Gasteiger partial charge in [-0.05, 0) is 12.5 Å². The van der Waals surface area contributed by atoms with Gasteiger partial charge >= 0.3 is 5.69 Å². The lowest BCUT2D eigenvalue weighted by Crippen LogP contribution is -2.31. The zero-order valence-corrected chi connectivity index (χ0v) is 10.4. The molecule has 1 N–H and O–H groups in total. The van der Waals surface area contributed by atoms with Crippen molar-refractivity contribution in [3.8, 4) is 0 Å². The zero-order valence-electron chi connectivity index (χ0n) is 9.67. The monoisotopic (exact) mass is 271 g/mol. The van der Waals surface area contributed by atoms with Gasteiger partial charge in [-0.2, -0.15) is 0 Å². The average molecular weight is 272 g/mol. The van der Waals surface area contributed by atoms with Crippen LogP contribution in [0.15, 0.2) is 15.7 Å². The molecular weight excluding hydrogens is 261 g/mol. The standard InChI is InChI=1S/C11H11ClFN3O2/c1-2-3-4-16-9-6(10(17)15-11(16)18)5-7(13)8(12)14-9/h5H,2-4H2,1H3,(H,15,17,18). The lowest BCUT2D eigenvalue weighted by Gasteiger charge is -2.08. The van der Waals surface area contributed by atoms with Crippen molar-refractivity contribution in [2.75, 3.05) is 0 Å². The third kappa shape index (κ3) is 2.15. The topological polar surface area (TPSA) is 67.8 Å². The number of fused-ring (bicyclic) bond motifs is 1. The summed E-state index contributed by atoms with van der Waals surface area (Å²) < 4.78 is 14.6. The highest BCUT2D eigenvalue weighted by molar-refractivity contribution is 6.29. The Morgan fingerprint density at radius 3 is 2.89 bits per heavy atom. The van der Waals surface area contributed by atoms with Crippen LogP contribution in [-0.4, -0.2) is 14.5 Å². The van der Waals surface area contributed by atoms with Gasteiger partial charge in [0.25, 0.3) is 5.56 Å². The molecule has 0 aliphatic carbocycles. The number of hydrogen-bond donors (Lipinski definition) is 1. The van der Waals surface area contributed by atoms with Crippen LogP contribution in [0.3, 0.4) is 0 Å². The Kier molecular flexibility index (Phi) is 3.47. The molecule has 7 heteroatoms. The van der Waals surface area contributed by atoms with Gasteiger partial charge in [0.2, 0.25) is 0 Å². The second-order valence-electron chi connectivity index (χ2n) is 3.90. The molecule has 0 aromatic carbocycles. The highest BCUT2D eigenvalue weighted by Crippen LogP contribution is 2.15. The minimum atomic E-state index is -0.782. The number of nitrogens with one attached hydrogen (secondary N) is 1. The second kappa shape index (κ2) is 4.89. The number of rotatable bonds is 3. The van der Waals surface area contributed by atoms with E-state index in [2.05, 4.69) is 9.97 Å². The molecule has 5 nitrogen and oxygen atoms in total. The van der Waals surface area contributed by atoms with Gasteiger partial charge in [-0.25, -0.2) is 14.2 Å². The van der Waals surface area contributed by atoms with E-state index in [0.29, 0.717) is 6.54 Å². The summed E-state index contributed by atoms with van der Waals surface area (Å²) in [6.45, 7) is 2.37. The van der Waals surface area contributed by atoms with E-state index in [1.54, 1.807) is 0 Å². The Morgan fingerprint density at radius 1 is 1.50 bits per heavy atom. The number of nitrogens with zero attached hydrogens (tertiary/aromatic N) is 2. The normalized spacial score (nSPS) is 11.1. The van der Waals surface area contributed by atoms with Gasteiger partial charge in [-0.15, -0.1) is 0 Å². The molecule has 0 bridgehead atoms. The van der Waals surface area contributed by atoms with E-state index in [9.17, 15) is 14.0 Å². The van der Waals surface area contributed by atoms with Crippen LogP contribution in [0.4, 0.5) is 4.39 Å². The van der Waals surface area contributed by atoms with E-state index in [-0.39, 0.29) is 16.2 Å². The van der Waals surface area contributed by atoms with E-state index in [0.717, 1.165) is 18.9 Å². The summed E-state index contributed by atoms with van der Waals surface area (Å²) in [7, 11) is 0. The zero-order chi connectivity index (χ0) is 13.3. The summed E-state index contributed by atoms with van der Waals surface area (Å²) in [5.41, 5.74) is -1.11. The molecule has 0 spiro atoms. The predicted molar refractivity (Wildman–Crippen MR) is 66.5 cm³/mol. The van der Waals surface area contributed by atoms with Gasteiger partial charge in [-0.3, -0.25) is 14.3 Å². The molecule has 0 unspecified atom stereocenters. The van der Waals surface area contributed by atoms with Gasteiger partial charge < -0.3 is 0 Å². The third-order valence-electron chi connectivity index (χ3n) is 2.61. The Labute approximate surface area is 106 Å². The SMILES string of the molecule is CCCCn1c(=O)[nH]c(=O)c2cc(F)c(Cl)nc21. The van der Waals surface area contributed by atoms with Crippen LogP contribution < -0.4 is 11.2 Å². The molecule has 18 heavy (non-hydrogen) atoms. The second-order valence-corrected chi connectivity index (χ2v) is 4.25. The number of aromatic nitrogens is 3. The largest absolute Gasteiger partial charge is 0.329 e. The van der Waals surface area contributed by atoms with E-state index in [1.165, 1.54) is 4.57 Å². The number of H-pyrrole nitrogens is 1. The van der Waals surface area contributed by atoms with Crippen LogP contribution in [0.1, 0.15) is 19.8 Å². The molecule has 2 aromatic rings. The van der Waals surface area contributed by atoms with E-state index in [1.807, 2.05) is 6.92 Å². The fourth-order valence-corrected chi connectivity index (χ4v) is 1.82. The van der Waals surface area contributed by atoms with E-state index < -0.39 is 17.1 Å². The third-order valence-corrected chi connectivity index (χ3v) is 2.88. The quantitative estimate of drug-likeness (QED) is 0.864. The molecule has 0 saturated carbocycles. The number of pyridine rings is 1. The first-order chi connectivity index (χ1) is 8.54. The van der Waals surface area contributed by atoms with Crippen LogP contribution >= 0.6 is 11.6 Å². The number of hydrogen-bond acceptors (Lipinski definition) is 3. The van der Waals surface area contributed by atoms with Crippen molar-refractivity contribution in [1.82, 2.24) is 14.5 Å². The summed E-state index contributed by atoms with van der Waals surface area (Å²) in [5, 5.41) is -0.328. The Morgan fingerprint density at radius 2 is 2.22 bits per heavy atom. The molecule has 0 saturated heterocycles. The number of aryl methyl sites for hydroxylation is 1. The highest BCUT2D eigenvalue weighted by atomic mass is 35.5. The minimum absolute atomic E-state index is 0.0209. The van der Waals surface area contributed by atoms with Crippen LogP contribution in [-0.2, 0) is 6.54 Å². The summed E-state index contributed by atoms with van der Waals surface area (Å²) in [4.78, 5) is 29.2. The first-order valence-electron chi connectivity index (χ1n) is 5.53. The molecule has 0 aliphatic heterocycles. The number of halogens is 2. The highest BCUT2D eigenvalue weighted by Gasteiger charge is 2.12. The van der Waals surface area contributed by atoms with E-state index in [4.69, 9.17) is 11.6 Å². The van der Waals surface area contributed by atoms with Crippen molar-refractivity contribution in [2.45, 2.75) is 26.3 Å². The average Bonchev–Trinajstić information content (AvgIpc) is 2.32. The lowest BCUT2D eigenvalue weighted by molar-refractivity contribution is 0.603. The van der Waals surface area contributed by atoms with Crippen LogP contribution in [0.25, 0.3) is 11.0 Å². The first-order valence-corrected chi connectivity index (χ1v) is 5.91. The summed E-state index contributed by atoms with van der Waals surface area (Å²) in [6, 6.07) is 0.991. The molecule has 0 amide bonds. The maximum Gasteiger partial charge on any atom is 0.329 e. The Hall–Kier alpha value is -1.69. The summed E-state index contributed by atoms with van der Waals surface area (Å²) >= 11 is 5.58. The Balaban J connectivity index is 2.80. The predicted octanol–water partition coefficient (Wildman–Crippen LogP) is 1.68. The number of aromatic amines is 1. The van der Waals surface area contributed by atoms with Gasteiger partial charge in [-0.1, -0.05) is 24.9 Å². The van der Waals surface area contributed by atoms with Gasteiger partial charge in [0.15, 0.2) is 16.6 Å². The van der Waals surface area contributed by atoms with Gasteiger partial charge in [0, 0.05) is 6.54 Å². The maximum absolute atomic E-state index is 13.3. The van der Waals surface area contributed by atoms with Crippen molar-refractivity contribution in [2.24, 2.45) is 0 Å². The molecule has 2 aromatic heterocycles. The van der Waals surface area contributed by atoms with Crippen molar-refractivity contribution in [3.63, 3.8) is 0 Å².